The quantitative estimate of drug-likeness (QED) is 0.119. The molecule has 16 heteroatoms. The van der Waals surface area contributed by atoms with Gasteiger partial charge in [0.25, 0.3) is 0 Å². The van der Waals surface area contributed by atoms with Crippen molar-refractivity contribution in [3.63, 3.8) is 0 Å². The first-order chi connectivity index (χ1) is 19.0. The van der Waals surface area contributed by atoms with E-state index in [1.54, 1.807) is 7.05 Å². The fourth-order valence-corrected chi connectivity index (χ4v) is 5.44. The molecule has 240 valence electrons. The molecule has 1 saturated carbocycles. The van der Waals surface area contributed by atoms with Crippen molar-refractivity contribution in [1.29, 1.82) is 0 Å². The summed E-state index contributed by atoms with van der Waals surface area (Å²) in [6.45, 7) is 6.78. The molecule has 2 heterocycles. The molecule has 41 heavy (non-hydrogen) atoms. The Hall–Kier alpha value is -1.09. The summed E-state index contributed by atoms with van der Waals surface area (Å²) >= 11 is 0. The van der Waals surface area contributed by atoms with Crippen molar-refractivity contribution in [2.75, 3.05) is 26.7 Å². The second-order valence-electron chi connectivity index (χ2n) is 12.4. The van der Waals surface area contributed by atoms with E-state index in [-0.39, 0.29) is 31.7 Å². The number of hydrogen-bond donors (Lipinski definition) is 11. The Morgan fingerprint density at radius 1 is 1.00 bits per heavy atom. The van der Waals surface area contributed by atoms with Crippen molar-refractivity contribution >= 4 is 5.91 Å². The van der Waals surface area contributed by atoms with Crippen molar-refractivity contribution in [1.82, 2.24) is 16.0 Å². The molecule has 3 aliphatic rings. The molecule has 14 atom stereocenters. The topological polar surface area (TPSA) is 263 Å². The van der Waals surface area contributed by atoms with Crippen LogP contribution in [0.1, 0.15) is 34.1 Å². The smallest absolute Gasteiger partial charge is 0.234 e. The maximum atomic E-state index is 12.8. The van der Waals surface area contributed by atoms with Crippen LogP contribution in [-0.4, -0.2) is 154 Å². The zero-order valence-corrected chi connectivity index (χ0v) is 24.2. The molecular formula is C25H49N5O11. The second kappa shape index (κ2) is 13.7. The Kier molecular flexibility index (Phi) is 11.5. The molecular weight excluding hydrogens is 546 g/mol. The van der Waals surface area contributed by atoms with Crippen molar-refractivity contribution in [3.8, 4) is 0 Å². The summed E-state index contributed by atoms with van der Waals surface area (Å²) in [5, 5.41) is 72.6. The molecule has 2 saturated heterocycles. The van der Waals surface area contributed by atoms with Crippen LogP contribution >= 0.6 is 0 Å². The minimum Gasteiger partial charge on any atom is -0.388 e. The van der Waals surface area contributed by atoms with Crippen LogP contribution in [0, 0.1) is 0 Å². The van der Waals surface area contributed by atoms with Gasteiger partial charge in [0.15, 0.2) is 12.6 Å². The highest BCUT2D eigenvalue weighted by Gasteiger charge is 2.53. The van der Waals surface area contributed by atoms with Crippen molar-refractivity contribution in [2.45, 2.75) is 125 Å². The molecule has 0 spiro atoms. The third kappa shape index (κ3) is 8.10. The summed E-state index contributed by atoms with van der Waals surface area (Å²) < 4.78 is 23.1. The number of aliphatic hydroxyl groups excluding tert-OH is 5. The number of rotatable bonds is 9. The summed E-state index contributed by atoms with van der Waals surface area (Å²) in [5.41, 5.74) is 10.2. The van der Waals surface area contributed by atoms with Crippen LogP contribution < -0.4 is 27.4 Å². The van der Waals surface area contributed by atoms with Gasteiger partial charge in [-0.05, 0) is 41.2 Å². The molecule has 1 aliphatic carbocycles. The molecule has 0 aromatic rings. The monoisotopic (exact) mass is 595 g/mol. The van der Waals surface area contributed by atoms with Gasteiger partial charge in [-0.15, -0.1) is 0 Å². The van der Waals surface area contributed by atoms with Gasteiger partial charge in [0.2, 0.25) is 5.91 Å². The van der Waals surface area contributed by atoms with E-state index in [1.807, 2.05) is 20.8 Å². The van der Waals surface area contributed by atoms with Crippen LogP contribution in [0.15, 0.2) is 0 Å². The number of nitrogens with two attached hydrogens (primary N) is 2. The Bertz CT molecular complexity index is 862. The SMILES string of the molecule is CNC1C(O)C(OC2C(NC(=O)CNC(C)(C)C)CC(N)C(OC3OC(CN)C(O)C(O)C3O)C2O)OCC1(C)O. The molecule has 3 fully saturated rings. The summed E-state index contributed by atoms with van der Waals surface area (Å²) in [6, 6.07) is -2.61. The number of hydrogen-bond acceptors (Lipinski definition) is 15. The fraction of sp³-hybridized carbons (Fsp3) is 0.960. The molecule has 0 radical (unpaired) electrons. The average molecular weight is 596 g/mol. The third-order valence-electron chi connectivity index (χ3n) is 7.77. The van der Waals surface area contributed by atoms with Crippen LogP contribution in [0.3, 0.4) is 0 Å². The molecule has 13 N–H and O–H groups in total. The predicted molar refractivity (Wildman–Crippen MR) is 143 cm³/mol. The molecule has 0 aromatic heterocycles. The van der Waals surface area contributed by atoms with Gasteiger partial charge < -0.3 is 77.0 Å². The normalized spacial score (nSPS) is 45.8. The van der Waals surface area contributed by atoms with E-state index in [0.717, 1.165) is 0 Å². The van der Waals surface area contributed by atoms with Crippen LogP contribution in [0.2, 0.25) is 0 Å². The van der Waals surface area contributed by atoms with Gasteiger partial charge in [0.05, 0.1) is 25.2 Å². The highest BCUT2D eigenvalue weighted by molar-refractivity contribution is 5.78. The lowest BCUT2D eigenvalue weighted by Gasteiger charge is -2.49. The van der Waals surface area contributed by atoms with E-state index in [0.29, 0.717) is 0 Å². The van der Waals surface area contributed by atoms with Gasteiger partial charge in [-0.25, -0.2) is 0 Å². The minimum atomic E-state index is -1.69. The van der Waals surface area contributed by atoms with Gasteiger partial charge in [-0.3, -0.25) is 4.79 Å². The molecule has 1 amide bonds. The van der Waals surface area contributed by atoms with Gasteiger partial charge in [0, 0.05) is 18.1 Å². The lowest BCUT2D eigenvalue weighted by atomic mass is 9.83. The number of ether oxygens (including phenoxy) is 4. The zero-order valence-electron chi connectivity index (χ0n) is 24.2. The standard InChI is InChI=1S/C25H49N5O11/c1-24(2,3)29-8-13(31)30-11-6-10(27)19(40-23-16(34)15(33)14(32)12(7-26)39-23)17(35)20(11)41-22-18(36)21(28-5)25(4,37)9-38-22/h10-12,14-23,28-29,32-37H,6-9,26-27H2,1-5H3,(H,30,31). The van der Waals surface area contributed by atoms with Gasteiger partial charge in [-0.2, -0.15) is 0 Å². The van der Waals surface area contributed by atoms with Gasteiger partial charge in [0.1, 0.15) is 54.4 Å². The highest BCUT2D eigenvalue weighted by Crippen LogP contribution is 2.32. The first kappa shape index (κ1) is 34.4. The lowest BCUT2D eigenvalue weighted by Crippen LogP contribution is -2.70. The lowest BCUT2D eigenvalue weighted by molar-refractivity contribution is -0.330. The van der Waals surface area contributed by atoms with E-state index in [2.05, 4.69) is 16.0 Å². The summed E-state index contributed by atoms with van der Waals surface area (Å²) in [4.78, 5) is 12.8. The van der Waals surface area contributed by atoms with Crippen LogP contribution in [0.25, 0.3) is 0 Å². The van der Waals surface area contributed by atoms with E-state index in [1.165, 1.54) is 6.92 Å². The van der Waals surface area contributed by atoms with E-state index in [9.17, 15) is 35.4 Å². The van der Waals surface area contributed by atoms with Crippen molar-refractivity contribution in [3.05, 3.63) is 0 Å². The van der Waals surface area contributed by atoms with E-state index >= 15 is 0 Å². The molecule has 16 nitrogen and oxygen atoms in total. The van der Waals surface area contributed by atoms with Crippen LogP contribution in [0.4, 0.5) is 0 Å². The third-order valence-corrected chi connectivity index (χ3v) is 7.77. The fourth-order valence-electron chi connectivity index (χ4n) is 5.44. The number of carbonyl (C=O) groups is 1. The molecule has 0 bridgehead atoms. The Balaban J connectivity index is 1.82. The largest absolute Gasteiger partial charge is 0.388 e. The highest BCUT2D eigenvalue weighted by atomic mass is 16.7. The number of aliphatic hydroxyl groups is 6. The van der Waals surface area contributed by atoms with Crippen LogP contribution in [-0.2, 0) is 23.7 Å². The van der Waals surface area contributed by atoms with Crippen molar-refractivity contribution < 1.29 is 54.4 Å². The van der Waals surface area contributed by atoms with E-state index < -0.39 is 91.0 Å². The van der Waals surface area contributed by atoms with Crippen LogP contribution in [0.5, 0.6) is 0 Å². The number of nitrogens with one attached hydrogen (secondary N) is 3. The first-order valence-corrected chi connectivity index (χ1v) is 13.9. The predicted octanol–water partition coefficient (Wildman–Crippen LogP) is -5.46. The number of amides is 1. The Morgan fingerprint density at radius 2 is 1.63 bits per heavy atom. The zero-order chi connectivity index (χ0) is 30.9. The molecule has 3 rings (SSSR count). The van der Waals surface area contributed by atoms with Crippen molar-refractivity contribution in [2.24, 2.45) is 11.5 Å². The van der Waals surface area contributed by atoms with Gasteiger partial charge in [-0.1, -0.05) is 0 Å². The summed E-state index contributed by atoms with van der Waals surface area (Å²) in [7, 11) is 1.56. The second-order valence-corrected chi connectivity index (χ2v) is 12.4. The maximum Gasteiger partial charge on any atom is 0.234 e. The Morgan fingerprint density at radius 3 is 2.22 bits per heavy atom. The summed E-state index contributed by atoms with van der Waals surface area (Å²) in [6.07, 6.45) is -14.0. The maximum absolute atomic E-state index is 12.8. The molecule has 14 unspecified atom stereocenters. The molecule has 2 aliphatic heterocycles. The summed E-state index contributed by atoms with van der Waals surface area (Å²) in [5.74, 6) is -0.396. The number of likely N-dealkylation sites (N-methyl/N-ethyl adjacent to an activating group) is 1. The average Bonchev–Trinajstić information content (AvgIpc) is 2.88. The minimum absolute atomic E-state index is 0.0337. The van der Waals surface area contributed by atoms with E-state index in [4.69, 9.17) is 30.4 Å². The number of carbonyl (C=O) groups excluding carboxylic acids is 1. The molecule has 0 aromatic carbocycles. The first-order valence-electron chi connectivity index (χ1n) is 13.9. The Labute approximate surface area is 239 Å². The van der Waals surface area contributed by atoms with Gasteiger partial charge >= 0.3 is 0 Å².